The van der Waals surface area contributed by atoms with Gasteiger partial charge in [0.15, 0.2) is 13.2 Å². The van der Waals surface area contributed by atoms with Gasteiger partial charge in [-0.2, -0.15) is 4.31 Å². The summed E-state index contributed by atoms with van der Waals surface area (Å²) in [6.07, 6.45) is 0. The van der Waals surface area contributed by atoms with Gasteiger partial charge < -0.3 is 24.3 Å². The molecule has 0 aromatic heterocycles. The summed E-state index contributed by atoms with van der Waals surface area (Å²) in [6.45, 7) is 4.06. The van der Waals surface area contributed by atoms with Gasteiger partial charge in [-0.25, -0.2) is 13.2 Å². The van der Waals surface area contributed by atoms with Gasteiger partial charge in [-0.3, -0.25) is 4.79 Å². The summed E-state index contributed by atoms with van der Waals surface area (Å²) in [6, 6.07) is 9.69. The number of hydrogen-bond donors (Lipinski definition) is 1. The van der Waals surface area contributed by atoms with E-state index in [0.29, 0.717) is 19.0 Å². The fraction of sp³-hybridized carbons (Fsp3) is 0.391. The highest BCUT2D eigenvalue weighted by Gasteiger charge is 2.29. The van der Waals surface area contributed by atoms with Gasteiger partial charge in [0.1, 0.15) is 16.4 Å². The molecule has 0 bridgehead atoms. The van der Waals surface area contributed by atoms with Crippen LogP contribution in [0.4, 0.5) is 5.69 Å². The van der Waals surface area contributed by atoms with Gasteiger partial charge in [-0.05, 0) is 55.3 Å². The van der Waals surface area contributed by atoms with Crippen molar-refractivity contribution in [3.8, 4) is 11.5 Å². The number of anilines is 1. The second kappa shape index (κ2) is 11.3. The molecule has 0 atom stereocenters. The Labute approximate surface area is 198 Å². The average Bonchev–Trinajstić information content (AvgIpc) is 2.84. The Morgan fingerprint density at radius 2 is 1.76 bits per heavy atom. The molecule has 10 nitrogen and oxygen atoms in total. The Hall–Kier alpha value is -3.15. The maximum Gasteiger partial charge on any atom is 0.344 e. The van der Waals surface area contributed by atoms with Gasteiger partial charge in [-0.1, -0.05) is 6.07 Å². The van der Waals surface area contributed by atoms with Crippen molar-refractivity contribution in [3.05, 3.63) is 47.5 Å². The Kier molecular flexibility index (Phi) is 8.48. The number of hydrogen-bond acceptors (Lipinski definition) is 8. The van der Waals surface area contributed by atoms with E-state index in [1.807, 2.05) is 26.0 Å². The number of ether oxygens (including phenoxy) is 4. The molecule has 1 heterocycles. The third-order valence-electron chi connectivity index (χ3n) is 5.23. The number of nitrogens with zero attached hydrogens (tertiary/aromatic N) is 1. The summed E-state index contributed by atoms with van der Waals surface area (Å²) in [4.78, 5) is 24.1. The average molecular weight is 493 g/mol. The quantitative estimate of drug-likeness (QED) is 0.527. The maximum absolute atomic E-state index is 13.0. The van der Waals surface area contributed by atoms with Crippen LogP contribution in [0.25, 0.3) is 0 Å². The van der Waals surface area contributed by atoms with Gasteiger partial charge in [0, 0.05) is 18.8 Å². The van der Waals surface area contributed by atoms with E-state index in [0.717, 1.165) is 11.1 Å². The molecule has 0 spiro atoms. The number of sulfonamides is 1. The summed E-state index contributed by atoms with van der Waals surface area (Å²) in [5.74, 6) is -0.658. The first-order chi connectivity index (χ1) is 16.2. The summed E-state index contributed by atoms with van der Waals surface area (Å²) in [7, 11) is -2.49. The van der Waals surface area contributed by atoms with Gasteiger partial charge in [0.05, 0.1) is 20.3 Å². The maximum atomic E-state index is 13.0. The van der Waals surface area contributed by atoms with E-state index >= 15 is 0 Å². The van der Waals surface area contributed by atoms with Gasteiger partial charge in [-0.15, -0.1) is 0 Å². The molecular formula is C23H28N2O8S. The zero-order chi connectivity index (χ0) is 24.7. The molecule has 2 aromatic rings. The van der Waals surface area contributed by atoms with Crippen LogP contribution < -0.4 is 14.8 Å². The number of morpholine rings is 1. The lowest BCUT2D eigenvalue weighted by atomic mass is 10.1. The third-order valence-corrected chi connectivity index (χ3v) is 7.15. The van der Waals surface area contributed by atoms with Gasteiger partial charge in [0.25, 0.3) is 5.91 Å². The number of rotatable bonds is 9. The monoisotopic (exact) mass is 492 g/mol. The summed E-state index contributed by atoms with van der Waals surface area (Å²) < 4.78 is 48.2. The highest BCUT2D eigenvalue weighted by molar-refractivity contribution is 7.89. The molecule has 0 aliphatic carbocycles. The second-order valence-electron chi connectivity index (χ2n) is 7.63. The fourth-order valence-corrected chi connectivity index (χ4v) is 4.80. The molecule has 0 saturated carbocycles. The first-order valence-electron chi connectivity index (χ1n) is 10.6. The molecule has 11 heteroatoms. The normalized spacial score (nSPS) is 14.3. The van der Waals surface area contributed by atoms with E-state index in [-0.39, 0.29) is 36.0 Å². The lowest BCUT2D eigenvalue weighted by molar-refractivity contribution is -0.149. The summed E-state index contributed by atoms with van der Waals surface area (Å²) >= 11 is 0. The SMILES string of the molecule is COc1ccc(NC(=O)COC(=O)COc2ccc(C)c(C)c2)cc1S(=O)(=O)N1CCOCC1. The van der Waals surface area contributed by atoms with Crippen molar-refractivity contribution < 1.29 is 37.0 Å². The number of benzene rings is 2. The summed E-state index contributed by atoms with van der Waals surface area (Å²) in [5, 5.41) is 2.53. The van der Waals surface area contributed by atoms with Crippen LogP contribution in [-0.4, -0.2) is 71.2 Å². The first-order valence-corrected chi connectivity index (χ1v) is 12.1. The van der Waals surface area contributed by atoms with Crippen molar-refractivity contribution in [1.29, 1.82) is 0 Å². The first kappa shape index (κ1) is 25.5. The minimum Gasteiger partial charge on any atom is -0.495 e. The molecule has 184 valence electrons. The lowest BCUT2D eigenvalue weighted by Gasteiger charge is -2.26. The Morgan fingerprint density at radius 1 is 1.03 bits per heavy atom. The van der Waals surface area contributed by atoms with E-state index in [1.54, 1.807) is 6.07 Å². The summed E-state index contributed by atoms with van der Waals surface area (Å²) in [5.41, 5.74) is 2.35. The van der Waals surface area contributed by atoms with Crippen LogP contribution in [-0.2, 0) is 29.1 Å². The fourth-order valence-electron chi connectivity index (χ4n) is 3.21. The van der Waals surface area contributed by atoms with E-state index in [4.69, 9.17) is 18.9 Å². The lowest BCUT2D eigenvalue weighted by Crippen LogP contribution is -2.40. The molecule has 2 aromatic carbocycles. The highest BCUT2D eigenvalue weighted by atomic mass is 32.2. The number of esters is 1. The molecule has 1 saturated heterocycles. The van der Waals surface area contributed by atoms with Crippen LogP contribution in [0.1, 0.15) is 11.1 Å². The number of nitrogens with one attached hydrogen (secondary N) is 1. The van der Waals surface area contributed by atoms with Gasteiger partial charge >= 0.3 is 5.97 Å². The van der Waals surface area contributed by atoms with Crippen molar-refractivity contribution in [3.63, 3.8) is 0 Å². The largest absolute Gasteiger partial charge is 0.495 e. The molecule has 0 radical (unpaired) electrons. The number of methoxy groups -OCH3 is 1. The third kappa shape index (κ3) is 6.46. The molecule has 0 unspecified atom stereocenters. The van der Waals surface area contributed by atoms with Crippen LogP contribution in [0.3, 0.4) is 0 Å². The number of carbonyl (C=O) groups excluding carboxylic acids is 2. The zero-order valence-electron chi connectivity index (χ0n) is 19.3. The molecule has 1 N–H and O–H groups in total. The predicted molar refractivity (Wildman–Crippen MR) is 124 cm³/mol. The van der Waals surface area contributed by atoms with Gasteiger partial charge in [0.2, 0.25) is 10.0 Å². The van der Waals surface area contributed by atoms with E-state index in [9.17, 15) is 18.0 Å². The minimum absolute atomic E-state index is 0.0755. The van der Waals surface area contributed by atoms with Crippen molar-refractivity contribution in [2.45, 2.75) is 18.7 Å². The zero-order valence-corrected chi connectivity index (χ0v) is 20.1. The minimum atomic E-state index is -3.85. The molecule has 1 fully saturated rings. The Morgan fingerprint density at radius 3 is 2.44 bits per heavy atom. The predicted octanol–water partition coefficient (Wildman–Crippen LogP) is 1.89. The van der Waals surface area contributed by atoms with Crippen molar-refractivity contribution >= 4 is 27.6 Å². The molecule has 1 amide bonds. The number of amides is 1. The van der Waals surface area contributed by atoms with E-state index < -0.39 is 28.5 Å². The molecule has 3 rings (SSSR count). The van der Waals surface area contributed by atoms with Crippen molar-refractivity contribution in [2.75, 3.05) is 51.9 Å². The Balaban J connectivity index is 1.57. The molecule has 34 heavy (non-hydrogen) atoms. The van der Waals surface area contributed by atoms with E-state index in [2.05, 4.69) is 5.32 Å². The highest BCUT2D eigenvalue weighted by Crippen LogP contribution is 2.30. The second-order valence-corrected chi connectivity index (χ2v) is 9.53. The number of aryl methyl sites for hydroxylation is 2. The van der Waals surface area contributed by atoms with Crippen LogP contribution in [0, 0.1) is 13.8 Å². The standard InChI is InChI=1S/C23H28N2O8S/c1-16-4-6-19(12-17(16)2)32-15-23(27)33-14-22(26)24-18-5-7-20(30-3)21(13-18)34(28,29)25-8-10-31-11-9-25/h4-7,12-13H,8-11,14-15H2,1-3H3,(H,24,26). The van der Waals surface area contributed by atoms with Crippen LogP contribution in [0.15, 0.2) is 41.3 Å². The molecule has 1 aliphatic heterocycles. The Bertz CT molecular complexity index is 1140. The van der Waals surface area contributed by atoms with Crippen LogP contribution >= 0.6 is 0 Å². The van der Waals surface area contributed by atoms with Crippen molar-refractivity contribution in [2.24, 2.45) is 0 Å². The van der Waals surface area contributed by atoms with Crippen LogP contribution in [0.2, 0.25) is 0 Å². The van der Waals surface area contributed by atoms with Crippen LogP contribution in [0.5, 0.6) is 11.5 Å². The molecular weight excluding hydrogens is 464 g/mol. The molecule has 1 aliphatic rings. The van der Waals surface area contributed by atoms with E-state index in [1.165, 1.54) is 29.6 Å². The van der Waals surface area contributed by atoms with Crippen molar-refractivity contribution in [1.82, 2.24) is 4.31 Å². The topological polar surface area (TPSA) is 120 Å². The smallest absolute Gasteiger partial charge is 0.344 e. The number of carbonyl (C=O) groups is 2.